The van der Waals surface area contributed by atoms with Crippen LogP contribution in [0.4, 0.5) is 0 Å². The van der Waals surface area contributed by atoms with Gasteiger partial charge in [-0.2, -0.15) is 0 Å². The van der Waals surface area contributed by atoms with Gasteiger partial charge in [-0.1, -0.05) is 212 Å². The van der Waals surface area contributed by atoms with Gasteiger partial charge in [-0.25, -0.2) is 0 Å². The molecule has 328 valence electrons. The molecule has 0 spiro atoms. The van der Waals surface area contributed by atoms with Crippen LogP contribution in [-0.2, 0) is 28.6 Å². The number of allylic oxidation sites excluding steroid dienone is 4. The van der Waals surface area contributed by atoms with Crippen LogP contribution in [0, 0.1) is 0 Å². The molecule has 0 fully saturated rings. The molecule has 0 aliphatic heterocycles. The lowest BCUT2D eigenvalue weighted by atomic mass is 10.0. The summed E-state index contributed by atoms with van der Waals surface area (Å²) < 4.78 is 16.6. The number of carbonyl (C=O) groups excluding carboxylic acids is 3. The van der Waals surface area contributed by atoms with E-state index in [1.807, 2.05) is 0 Å². The van der Waals surface area contributed by atoms with Crippen molar-refractivity contribution in [2.75, 3.05) is 13.2 Å². The van der Waals surface area contributed by atoms with Gasteiger partial charge in [0.25, 0.3) is 0 Å². The fraction of sp³-hybridized carbons (Fsp3) is 0.860. The molecule has 0 aliphatic carbocycles. The average molecular weight is 789 g/mol. The van der Waals surface area contributed by atoms with E-state index >= 15 is 0 Å². The highest BCUT2D eigenvalue weighted by Crippen LogP contribution is 2.15. The molecule has 0 heterocycles. The summed E-state index contributed by atoms with van der Waals surface area (Å²) in [5, 5.41) is 0. The summed E-state index contributed by atoms with van der Waals surface area (Å²) in [6, 6.07) is 0. The molecular formula is C50H92O6. The Balaban J connectivity index is 4.07. The van der Waals surface area contributed by atoms with Gasteiger partial charge in [0.2, 0.25) is 0 Å². The lowest BCUT2D eigenvalue weighted by molar-refractivity contribution is -0.167. The molecule has 0 aliphatic rings. The van der Waals surface area contributed by atoms with E-state index in [-0.39, 0.29) is 31.1 Å². The first-order valence-corrected chi connectivity index (χ1v) is 24.3. The van der Waals surface area contributed by atoms with Gasteiger partial charge in [0, 0.05) is 19.3 Å². The number of hydrogen-bond acceptors (Lipinski definition) is 6. The fourth-order valence-corrected chi connectivity index (χ4v) is 7.00. The van der Waals surface area contributed by atoms with E-state index in [1.54, 1.807) is 0 Å². The van der Waals surface area contributed by atoms with Crippen LogP contribution in [0.1, 0.15) is 258 Å². The first kappa shape index (κ1) is 53.9. The van der Waals surface area contributed by atoms with Gasteiger partial charge in [0.05, 0.1) is 0 Å². The summed E-state index contributed by atoms with van der Waals surface area (Å²) in [4.78, 5) is 37.5. The summed E-state index contributed by atoms with van der Waals surface area (Å²) in [5.74, 6) is -0.875. The van der Waals surface area contributed by atoms with Crippen molar-refractivity contribution in [3.63, 3.8) is 0 Å². The van der Waals surface area contributed by atoms with E-state index in [9.17, 15) is 14.4 Å². The topological polar surface area (TPSA) is 78.9 Å². The monoisotopic (exact) mass is 789 g/mol. The standard InChI is InChI=1S/C50H92O6/c1-4-7-10-13-16-18-19-20-21-22-23-24-25-26-27-28-29-30-31-32-35-37-40-43-49(52)55-46-47(45-54-48(51)42-39-36-33-15-12-9-6-3)56-50(53)44-41-38-34-17-14-11-8-5-2/h19-20,22-23,47H,4-18,21,24-46H2,1-3H3/b20-19-,23-22-. The third kappa shape index (κ3) is 43.0. The predicted octanol–water partition coefficient (Wildman–Crippen LogP) is 15.6. The third-order valence-electron chi connectivity index (χ3n) is 10.7. The van der Waals surface area contributed by atoms with Gasteiger partial charge >= 0.3 is 17.9 Å². The number of unbranched alkanes of at least 4 members (excludes halogenated alkanes) is 29. The number of carbonyl (C=O) groups is 3. The molecule has 0 aromatic carbocycles. The molecule has 0 aromatic rings. The Morgan fingerprint density at radius 3 is 0.982 bits per heavy atom. The molecule has 0 saturated heterocycles. The first-order valence-electron chi connectivity index (χ1n) is 24.3. The van der Waals surface area contributed by atoms with Crippen LogP contribution >= 0.6 is 0 Å². The zero-order chi connectivity index (χ0) is 40.8. The predicted molar refractivity (Wildman–Crippen MR) is 238 cm³/mol. The van der Waals surface area contributed by atoms with Crippen LogP contribution in [0.5, 0.6) is 0 Å². The molecule has 0 N–H and O–H groups in total. The van der Waals surface area contributed by atoms with E-state index < -0.39 is 6.10 Å². The van der Waals surface area contributed by atoms with Crippen molar-refractivity contribution in [2.24, 2.45) is 0 Å². The van der Waals surface area contributed by atoms with Crippen LogP contribution in [0.25, 0.3) is 0 Å². The zero-order valence-electron chi connectivity index (χ0n) is 37.4. The summed E-state index contributed by atoms with van der Waals surface area (Å²) in [7, 11) is 0. The van der Waals surface area contributed by atoms with E-state index in [2.05, 4.69) is 45.1 Å². The quantitative estimate of drug-likeness (QED) is 0.0265. The Bertz CT molecular complexity index is 911. The van der Waals surface area contributed by atoms with Gasteiger partial charge in [0.1, 0.15) is 13.2 Å². The molecule has 1 unspecified atom stereocenters. The normalized spacial score (nSPS) is 12.1. The number of rotatable bonds is 44. The van der Waals surface area contributed by atoms with Crippen molar-refractivity contribution >= 4 is 17.9 Å². The van der Waals surface area contributed by atoms with Crippen molar-refractivity contribution < 1.29 is 28.6 Å². The van der Waals surface area contributed by atoms with Crippen molar-refractivity contribution in [1.29, 1.82) is 0 Å². The lowest BCUT2D eigenvalue weighted by Gasteiger charge is -2.18. The first-order chi connectivity index (χ1) is 27.5. The maximum absolute atomic E-state index is 12.6. The summed E-state index contributed by atoms with van der Waals surface area (Å²) in [6.45, 7) is 6.56. The second kappa shape index (κ2) is 45.6. The zero-order valence-corrected chi connectivity index (χ0v) is 37.4. The molecule has 56 heavy (non-hydrogen) atoms. The smallest absolute Gasteiger partial charge is 0.306 e. The van der Waals surface area contributed by atoms with E-state index in [4.69, 9.17) is 14.2 Å². The Kier molecular flexibility index (Phi) is 43.9. The molecule has 6 nitrogen and oxygen atoms in total. The highest BCUT2D eigenvalue weighted by atomic mass is 16.6. The highest BCUT2D eigenvalue weighted by Gasteiger charge is 2.19. The van der Waals surface area contributed by atoms with Crippen LogP contribution in [-0.4, -0.2) is 37.2 Å². The average Bonchev–Trinajstić information content (AvgIpc) is 3.19. The van der Waals surface area contributed by atoms with Gasteiger partial charge in [0.15, 0.2) is 6.10 Å². The van der Waals surface area contributed by atoms with Crippen LogP contribution in [0.15, 0.2) is 24.3 Å². The van der Waals surface area contributed by atoms with Crippen molar-refractivity contribution in [3.05, 3.63) is 24.3 Å². The molecule has 0 aromatic heterocycles. The maximum atomic E-state index is 12.6. The molecule has 1 atom stereocenters. The molecular weight excluding hydrogens is 697 g/mol. The summed E-state index contributed by atoms with van der Waals surface area (Å²) in [6.07, 6.45) is 50.5. The summed E-state index contributed by atoms with van der Waals surface area (Å²) in [5.41, 5.74) is 0. The molecule has 0 radical (unpaired) electrons. The van der Waals surface area contributed by atoms with E-state index in [1.165, 1.54) is 154 Å². The molecule has 0 rings (SSSR count). The largest absolute Gasteiger partial charge is 0.462 e. The highest BCUT2D eigenvalue weighted by molar-refractivity contribution is 5.71. The minimum absolute atomic E-state index is 0.0689. The van der Waals surface area contributed by atoms with Crippen LogP contribution < -0.4 is 0 Å². The minimum Gasteiger partial charge on any atom is -0.462 e. The van der Waals surface area contributed by atoms with Crippen molar-refractivity contribution in [1.82, 2.24) is 0 Å². The lowest BCUT2D eigenvalue weighted by Crippen LogP contribution is -2.30. The maximum Gasteiger partial charge on any atom is 0.306 e. The Morgan fingerprint density at radius 2 is 0.643 bits per heavy atom. The Hall–Kier alpha value is -2.11. The van der Waals surface area contributed by atoms with E-state index in [0.29, 0.717) is 19.3 Å². The second-order valence-corrected chi connectivity index (χ2v) is 16.4. The Labute approximate surface area is 347 Å². The van der Waals surface area contributed by atoms with Crippen LogP contribution in [0.2, 0.25) is 0 Å². The second-order valence-electron chi connectivity index (χ2n) is 16.4. The van der Waals surface area contributed by atoms with Crippen molar-refractivity contribution in [3.8, 4) is 0 Å². The SMILES string of the molecule is CCCCCCC/C=C\C/C=C\CCCCCCCCCCCCCC(=O)OCC(COC(=O)CCCCCCCCC)OC(=O)CCCCCCCCCC. The molecule has 0 saturated carbocycles. The van der Waals surface area contributed by atoms with Crippen molar-refractivity contribution in [2.45, 2.75) is 264 Å². The van der Waals surface area contributed by atoms with Gasteiger partial charge < -0.3 is 14.2 Å². The van der Waals surface area contributed by atoms with E-state index in [0.717, 1.165) is 64.2 Å². The number of ether oxygens (including phenoxy) is 3. The third-order valence-corrected chi connectivity index (χ3v) is 10.7. The minimum atomic E-state index is -0.762. The molecule has 6 heteroatoms. The number of hydrogen-bond donors (Lipinski definition) is 0. The summed E-state index contributed by atoms with van der Waals surface area (Å²) >= 11 is 0. The molecule has 0 amide bonds. The van der Waals surface area contributed by atoms with Gasteiger partial charge in [-0.3, -0.25) is 14.4 Å². The molecule has 0 bridgehead atoms. The van der Waals surface area contributed by atoms with Crippen LogP contribution in [0.3, 0.4) is 0 Å². The fourth-order valence-electron chi connectivity index (χ4n) is 7.00. The Morgan fingerprint density at radius 1 is 0.357 bits per heavy atom. The van der Waals surface area contributed by atoms with Gasteiger partial charge in [-0.15, -0.1) is 0 Å². The van der Waals surface area contributed by atoms with Gasteiger partial charge in [-0.05, 0) is 51.4 Å². The number of esters is 3.